The second kappa shape index (κ2) is 10.1. The molecule has 2 aromatic heterocycles. The predicted octanol–water partition coefficient (Wildman–Crippen LogP) is 5.39. The summed E-state index contributed by atoms with van der Waals surface area (Å²) in [7, 11) is 1.64. The van der Waals surface area contributed by atoms with Crippen LogP contribution in [0.2, 0.25) is 0 Å². The molecule has 8 heteroatoms. The first kappa shape index (κ1) is 22.9. The van der Waals surface area contributed by atoms with Crippen molar-refractivity contribution in [2.45, 2.75) is 37.8 Å². The molecule has 1 aliphatic carbocycles. The fourth-order valence-electron chi connectivity index (χ4n) is 4.68. The topological polar surface area (TPSA) is 107 Å². The largest absolute Gasteiger partial charge is 0.497 e. The number of benzene rings is 2. The van der Waals surface area contributed by atoms with E-state index in [2.05, 4.69) is 15.3 Å². The SMILES string of the molecule is COc1ccc(-c2c(-c3ccccc3)oc3ncnc(N[C@H]4CCC[C@@H](OCC(=O)O)C4)c23)cc1. The molecule has 1 aliphatic rings. The standard InChI is InChI=1S/C27H27N3O5/c1-33-20-12-10-17(11-13-20)23-24-26(30-19-8-5-9-21(14-19)34-15-22(31)32)28-16-29-27(24)35-25(23)18-6-3-2-4-7-18/h2-4,6-7,10-13,16,19,21H,5,8-9,14-15H2,1H3,(H,31,32)(H,28,29,30)/t19-,21+/m0/s1. The summed E-state index contributed by atoms with van der Waals surface area (Å²) in [6, 6.07) is 17.9. The van der Waals surface area contributed by atoms with Crippen LogP contribution in [0.15, 0.2) is 65.3 Å². The van der Waals surface area contributed by atoms with Gasteiger partial charge in [-0.1, -0.05) is 42.5 Å². The number of aromatic nitrogens is 2. The van der Waals surface area contributed by atoms with Crippen molar-refractivity contribution >= 4 is 22.9 Å². The Morgan fingerprint density at radius 2 is 1.89 bits per heavy atom. The lowest BCUT2D eigenvalue weighted by atomic mass is 9.92. The van der Waals surface area contributed by atoms with Crippen LogP contribution in [0, 0.1) is 0 Å². The van der Waals surface area contributed by atoms with Gasteiger partial charge in [0.15, 0.2) is 0 Å². The maximum absolute atomic E-state index is 10.9. The summed E-state index contributed by atoms with van der Waals surface area (Å²) in [6.45, 7) is -0.279. The number of carbonyl (C=O) groups is 1. The summed E-state index contributed by atoms with van der Waals surface area (Å²) in [6.07, 6.45) is 4.86. The molecule has 0 saturated heterocycles. The number of nitrogens with one attached hydrogen (secondary N) is 1. The van der Waals surface area contributed by atoms with Crippen molar-refractivity contribution in [3.63, 3.8) is 0 Å². The van der Waals surface area contributed by atoms with Crippen LogP contribution in [0.1, 0.15) is 25.7 Å². The third-order valence-corrected chi connectivity index (χ3v) is 6.31. The molecular formula is C27H27N3O5. The van der Waals surface area contributed by atoms with E-state index in [4.69, 9.17) is 19.0 Å². The second-order valence-electron chi connectivity index (χ2n) is 8.64. The van der Waals surface area contributed by atoms with Crippen LogP contribution in [0.25, 0.3) is 33.6 Å². The number of furan rings is 1. The van der Waals surface area contributed by atoms with Gasteiger partial charge in [0.1, 0.15) is 30.3 Å². The number of nitrogens with zero attached hydrogens (tertiary/aromatic N) is 2. The Labute approximate surface area is 202 Å². The normalized spacial score (nSPS) is 17.9. The van der Waals surface area contributed by atoms with Crippen LogP contribution in [0.5, 0.6) is 5.75 Å². The fraction of sp³-hybridized carbons (Fsp3) is 0.296. The van der Waals surface area contributed by atoms with Crippen molar-refractivity contribution in [2.75, 3.05) is 19.0 Å². The summed E-state index contributed by atoms with van der Waals surface area (Å²) in [4.78, 5) is 19.9. The zero-order valence-electron chi connectivity index (χ0n) is 19.4. The first-order valence-electron chi connectivity index (χ1n) is 11.7. The highest BCUT2D eigenvalue weighted by Crippen LogP contribution is 2.43. The van der Waals surface area contributed by atoms with E-state index >= 15 is 0 Å². The van der Waals surface area contributed by atoms with Crippen molar-refractivity contribution in [1.82, 2.24) is 9.97 Å². The molecule has 2 heterocycles. The van der Waals surface area contributed by atoms with E-state index < -0.39 is 5.97 Å². The number of anilines is 1. The van der Waals surface area contributed by atoms with Crippen molar-refractivity contribution in [2.24, 2.45) is 0 Å². The number of hydrogen-bond acceptors (Lipinski definition) is 7. The highest BCUT2D eigenvalue weighted by Gasteiger charge is 2.27. The summed E-state index contributed by atoms with van der Waals surface area (Å²) < 4.78 is 17.2. The van der Waals surface area contributed by atoms with E-state index in [1.165, 1.54) is 6.33 Å². The molecular weight excluding hydrogens is 446 g/mol. The Hall–Kier alpha value is -3.91. The zero-order valence-corrected chi connectivity index (χ0v) is 19.4. The molecule has 1 saturated carbocycles. The maximum atomic E-state index is 10.9. The van der Waals surface area contributed by atoms with Gasteiger partial charge in [-0.15, -0.1) is 0 Å². The fourth-order valence-corrected chi connectivity index (χ4v) is 4.68. The van der Waals surface area contributed by atoms with E-state index in [1.54, 1.807) is 7.11 Å². The van der Waals surface area contributed by atoms with Gasteiger partial charge in [-0.25, -0.2) is 14.8 Å². The Morgan fingerprint density at radius 1 is 1.09 bits per heavy atom. The van der Waals surface area contributed by atoms with Crippen LogP contribution >= 0.6 is 0 Å². The Kier molecular flexibility index (Phi) is 6.63. The van der Waals surface area contributed by atoms with E-state index in [1.807, 2.05) is 54.6 Å². The van der Waals surface area contributed by atoms with Crippen LogP contribution in [0.3, 0.4) is 0 Å². The molecule has 0 spiro atoms. The number of ether oxygens (including phenoxy) is 2. The van der Waals surface area contributed by atoms with E-state index in [-0.39, 0.29) is 18.8 Å². The highest BCUT2D eigenvalue weighted by molar-refractivity contribution is 6.05. The number of carboxylic acid groups (broad SMARTS) is 1. The van der Waals surface area contributed by atoms with Gasteiger partial charge in [-0.3, -0.25) is 0 Å². The van der Waals surface area contributed by atoms with Crippen LogP contribution in [0.4, 0.5) is 5.82 Å². The van der Waals surface area contributed by atoms with Gasteiger partial charge in [0.05, 0.1) is 18.6 Å². The summed E-state index contributed by atoms with van der Waals surface area (Å²) in [5, 5.41) is 13.3. The third kappa shape index (κ3) is 4.97. The highest BCUT2D eigenvalue weighted by atomic mass is 16.5. The van der Waals surface area contributed by atoms with Crippen molar-refractivity contribution in [3.05, 3.63) is 60.9 Å². The quantitative estimate of drug-likeness (QED) is 0.351. The minimum atomic E-state index is -0.950. The first-order chi connectivity index (χ1) is 17.1. The number of carboxylic acids is 1. The van der Waals surface area contributed by atoms with Crippen molar-refractivity contribution in [1.29, 1.82) is 0 Å². The molecule has 5 rings (SSSR count). The lowest BCUT2D eigenvalue weighted by Crippen LogP contribution is -2.33. The summed E-state index contributed by atoms with van der Waals surface area (Å²) in [5.74, 6) is 1.23. The van der Waals surface area contributed by atoms with Crippen LogP contribution < -0.4 is 10.1 Å². The minimum Gasteiger partial charge on any atom is -0.497 e. The summed E-state index contributed by atoms with van der Waals surface area (Å²) in [5.41, 5.74) is 3.32. The molecule has 2 atom stereocenters. The average Bonchev–Trinajstić information content (AvgIpc) is 3.29. The van der Waals surface area contributed by atoms with Gasteiger partial charge >= 0.3 is 5.97 Å². The molecule has 1 fully saturated rings. The monoisotopic (exact) mass is 473 g/mol. The maximum Gasteiger partial charge on any atom is 0.329 e. The van der Waals surface area contributed by atoms with Gasteiger partial charge in [0, 0.05) is 17.2 Å². The molecule has 0 radical (unpaired) electrons. The third-order valence-electron chi connectivity index (χ3n) is 6.31. The lowest BCUT2D eigenvalue weighted by Gasteiger charge is -2.29. The Balaban J connectivity index is 1.55. The van der Waals surface area contributed by atoms with E-state index in [0.717, 1.165) is 52.8 Å². The average molecular weight is 474 g/mol. The predicted molar refractivity (Wildman–Crippen MR) is 132 cm³/mol. The van der Waals surface area contributed by atoms with E-state index in [9.17, 15) is 4.79 Å². The van der Waals surface area contributed by atoms with Gasteiger partial charge in [-0.2, -0.15) is 0 Å². The first-order valence-corrected chi connectivity index (χ1v) is 11.7. The van der Waals surface area contributed by atoms with Crippen molar-refractivity contribution < 1.29 is 23.8 Å². The molecule has 180 valence electrons. The number of aliphatic carboxylic acids is 1. The van der Waals surface area contributed by atoms with Gasteiger partial charge in [0.25, 0.3) is 0 Å². The number of fused-ring (bicyclic) bond motifs is 1. The number of rotatable bonds is 8. The van der Waals surface area contributed by atoms with Gasteiger partial charge in [0.2, 0.25) is 5.71 Å². The van der Waals surface area contributed by atoms with Crippen LogP contribution in [-0.4, -0.2) is 46.9 Å². The van der Waals surface area contributed by atoms with Crippen LogP contribution in [-0.2, 0) is 9.53 Å². The molecule has 2 aromatic carbocycles. The lowest BCUT2D eigenvalue weighted by molar-refractivity contribution is -0.145. The molecule has 8 nitrogen and oxygen atoms in total. The molecule has 0 unspecified atom stereocenters. The Morgan fingerprint density at radius 3 is 2.63 bits per heavy atom. The smallest absolute Gasteiger partial charge is 0.329 e. The molecule has 0 amide bonds. The van der Waals surface area contributed by atoms with Crippen molar-refractivity contribution in [3.8, 4) is 28.2 Å². The Bertz CT molecular complexity index is 1300. The summed E-state index contributed by atoms with van der Waals surface area (Å²) >= 11 is 0. The number of methoxy groups -OCH3 is 1. The second-order valence-corrected chi connectivity index (χ2v) is 8.64. The molecule has 35 heavy (non-hydrogen) atoms. The van der Waals surface area contributed by atoms with Gasteiger partial charge < -0.3 is 24.3 Å². The molecule has 4 aromatic rings. The zero-order chi connectivity index (χ0) is 24.2. The minimum absolute atomic E-state index is 0.0967. The molecule has 2 N–H and O–H groups in total. The molecule has 0 aliphatic heterocycles. The number of hydrogen-bond donors (Lipinski definition) is 2. The van der Waals surface area contributed by atoms with Gasteiger partial charge in [-0.05, 0) is 43.4 Å². The molecule has 0 bridgehead atoms. The van der Waals surface area contributed by atoms with E-state index in [0.29, 0.717) is 18.0 Å².